The molecule has 0 aliphatic carbocycles. The lowest BCUT2D eigenvalue weighted by atomic mass is 10.2. The van der Waals surface area contributed by atoms with Crippen molar-refractivity contribution in [1.82, 2.24) is 0 Å². The van der Waals surface area contributed by atoms with Gasteiger partial charge in [-0.2, -0.15) is 0 Å². The Morgan fingerprint density at radius 3 is 0.944 bits per heavy atom. The van der Waals surface area contributed by atoms with Gasteiger partial charge in [-0.15, -0.1) is 0 Å². The molecular formula is C33H65P3. The van der Waals surface area contributed by atoms with Crippen LogP contribution in [0.25, 0.3) is 0 Å². The van der Waals surface area contributed by atoms with Gasteiger partial charge in [0, 0.05) is 0 Å². The van der Waals surface area contributed by atoms with Crippen molar-refractivity contribution < 1.29 is 0 Å². The van der Waals surface area contributed by atoms with Crippen LogP contribution in [-0.2, 0) is 0 Å². The third-order valence-electron chi connectivity index (χ3n) is 6.48. The van der Waals surface area contributed by atoms with E-state index >= 15 is 0 Å². The molecule has 0 nitrogen and oxygen atoms in total. The standard InChI is InChI=1S/C18H40P2.C15H25P/c1-15(2,3)19(16(4,5)6)13-14-20(17(7,8)9)18(10,11)12;1-12-10-8-9-11-13(12)16(14(2,3)4)15(5,6)7/h13-14H2,1-12H3;8-11H,1-7H3. The summed E-state index contributed by atoms with van der Waals surface area (Å²) in [5, 5.41) is 4.14. The van der Waals surface area contributed by atoms with Gasteiger partial charge in [-0.3, -0.25) is 0 Å². The predicted molar refractivity (Wildman–Crippen MR) is 180 cm³/mol. The van der Waals surface area contributed by atoms with Crippen LogP contribution in [0.4, 0.5) is 0 Å². The second kappa shape index (κ2) is 12.8. The van der Waals surface area contributed by atoms with Crippen molar-refractivity contribution >= 4 is 29.1 Å². The van der Waals surface area contributed by atoms with Crippen LogP contribution in [0.3, 0.4) is 0 Å². The van der Waals surface area contributed by atoms with Crippen molar-refractivity contribution in [2.45, 2.75) is 162 Å². The average molecular weight is 555 g/mol. The zero-order chi connectivity index (χ0) is 29.1. The highest BCUT2D eigenvalue weighted by Gasteiger charge is 2.39. The molecule has 0 radical (unpaired) electrons. The Morgan fingerprint density at radius 2 is 0.722 bits per heavy atom. The van der Waals surface area contributed by atoms with Crippen LogP contribution in [-0.4, -0.2) is 43.3 Å². The van der Waals surface area contributed by atoms with Gasteiger partial charge >= 0.3 is 0 Å². The minimum atomic E-state index is -0.159. The first-order valence-corrected chi connectivity index (χ1v) is 18.4. The van der Waals surface area contributed by atoms with Gasteiger partial charge < -0.3 is 0 Å². The minimum Gasteiger partial charge on any atom is -0.0953 e. The summed E-state index contributed by atoms with van der Waals surface area (Å²) in [5.74, 6) is 0. The Bertz CT molecular complexity index is 707. The van der Waals surface area contributed by atoms with E-state index in [0.717, 1.165) is 0 Å². The van der Waals surface area contributed by atoms with Gasteiger partial charge in [0.25, 0.3) is 0 Å². The Labute approximate surface area is 233 Å². The van der Waals surface area contributed by atoms with Crippen LogP contribution in [0.5, 0.6) is 0 Å². The molecule has 0 atom stereocenters. The van der Waals surface area contributed by atoms with Crippen LogP contribution >= 0.6 is 23.8 Å². The summed E-state index contributed by atoms with van der Waals surface area (Å²) in [6.07, 6.45) is 2.87. The molecule has 0 fully saturated rings. The fourth-order valence-corrected chi connectivity index (χ4v) is 18.5. The van der Waals surface area contributed by atoms with Crippen molar-refractivity contribution in [2.75, 3.05) is 12.3 Å². The normalized spacial score (nSPS) is 14.4. The van der Waals surface area contributed by atoms with E-state index in [-0.39, 0.29) is 23.8 Å². The largest absolute Gasteiger partial charge is 0.0953 e. The van der Waals surface area contributed by atoms with Crippen molar-refractivity contribution in [2.24, 2.45) is 0 Å². The summed E-state index contributed by atoms with van der Waals surface area (Å²) in [4.78, 5) is 0. The lowest BCUT2D eigenvalue weighted by Gasteiger charge is -2.46. The number of hydrogen-bond acceptors (Lipinski definition) is 0. The molecule has 1 rings (SSSR count). The van der Waals surface area contributed by atoms with Gasteiger partial charge in [-0.05, 0) is 61.1 Å². The minimum absolute atomic E-state index is 0.0466. The van der Waals surface area contributed by atoms with Gasteiger partial charge in [-0.1, -0.05) is 173 Å². The Hall–Kier alpha value is 0.510. The maximum atomic E-state index is 2.44. The number of rotatable bonds is 4. The van der Waals surface area contributed by atoms with Gasteiger partial charge in [0.1, 0.15) is 0 Å². The number of hydrogen-bond donors (Lipinski definition) is 0. The topological polar surface area (TPSA) is 0 Å². The van der Waals surface area contributed by atoms with Crippen LogP contribution < -0.4 is 5.30 Å². The van der Waals surface area contributed by atoms with E-state index in [9.17, 15) is 0 Å². The first kappa shape index (κ1) is 36.5. The summed E-state index contributed by atoms with van der Waals surface area (Å²) in [6.45, 7) is 45.8. The van der Waals surface area contributed by atoms with E-state index in [2.05, 4.69) is 156 Å². The van der Waals surface area contributed by atoms with Gasteiger partial charge in [0.15, 0.2) is 0 Å². The van der Waals surface area contributed by atoms with Crippen molar-refractivity contribution in [1.29, 1.82) is 0 Å². The molecule has 0 saturated carbocycles. The molecule has 0 heterocycles. The van der Waals surface area contributed by atoms with Crippen molar-refractivity contribution in [3.8, 4) is 0 Å². The van der Waals surface area contributed by atoms with Crippen LogP contribution in [0.15, 0.2) is 24.3 Å². The quantitative estimate of drug-likeness (QED) is 0.325. The molecule has 0 saturated heterocycles. The van der Waals surface area contributed by atoms with Crippen LogP contribution in [0, 0.1) is 6.92 Å². The number of aryl methyl sites for hydroxylation is 1. The molecule has 0 bridgehead atoms. The highest BCUT2D eigenvalue weighted by molar-refractivity contribution is 7.68. The third-order valence-corrected chi connectivity index (χ3v) is 18.3. The summed E-state index contributed by atoms with van der Waals surface area (Å²) >= 11 is 0. The van der Waals surface area contributed by atoms with Gasteiger partial charge in [0.2, 0.25) is 0 Å². The van der Waals surface area contributed by atoms with Crippen LogP contribution in [0.1, 0.15) is 130 Å². The molecule has 0 amide bonds. The molecule has 0 spiro atoms. The summed E-state index contributed by atoms with van der Waals surface area (Å²) in [7, 11) is -0.0654. The van der Waals surface area contributed by atoms with E-state index in [0.29, 0.717) is 30.9 Å². The monoisotopic (exact) mass is 554 g/mol. The SMILES string of the molecule is CC(C)(C)P(CCP(C(C)(C)C)C(C)(C)C)C(C)(C)C.Cc1ccccc1P(C(C)(C)C)C(C)(C)C. The first-order valence-electron chi connectivity index (χ1n) is 14.0. The summed E-state index contributed by atoms with van der Waals surface area (Å²) in [5.41, 5.74) is 1.44. The summed E-state index contributed by atoms with van der Waals surface area (Å²) < 4.78 is 0. The van der Waals surface area contributed by atoms with E-state index in [4.69, 9.17) is 0 Å². The van der Waals surface area contributed by atoms with E-state index in [1.165, 1.54) is 17.9 Å². The van der Waals surface area contributed by atoms with E-state index in [1.54, 1.807) is 5.30 Å². The van der Waals surface area contributed by atoms with Crippen molar-refractivity contribution in [3.05, 3.63) is 29.8 Å². The highest BCUT2D eigenvalue weighted by Crippen LogP contribution is 2.65. The predicted octanol–water partition coefficient (Wildman–Crippen LogP) is 11.8. The zero-order valence-corrected chi connectivity index (χ0v) is 30.7. The molecular weight excluding hydrogens is 489 g/mol. The molecule has 1 aromatic rings. The molecule has 212 valence electrons. The Kier molecular flexibility index (Phi) is 13.0. The maximum Gasteiger partial charge on any atom is -0.0134 e. The van der Waals surface area contributed by atoms with E-state index < -0.39 is 0 Å². The lowest BCUT2D eigenvalue weighted by molar-refractivity contribution is 0.695. The average Bonchev–Trinajstić information content (AvgIpc) is 2.54. The molecule has 0 aromatic heterocycles. The summed E-state index contributed by atoms with van der Waals surface area (Å²) in [6, 6.07) is 8.87. The van der Waals surface area contributed by atoms with Crippen LogP contribution in [0.2, 0.25) is 0 Å². The maximum absolute atomic E-state index is 2.44. The van der Waals surface area contributed by atoms with Gasteiger partial charge in [-0.25, -0.2) is 0 Å². The molecule has 36 heavy (non-hydrogen) atoms. The molecule has 1 aromatic carbocycles. The lowest BCUT2D eigenvalue weighted by Crippen LogP contribution is -2.32. The fourth-order valence-electron chi connectivity index (χ4n) is 6.10. The first-order chi connectivity index (χ1) is 15.6. The second-order valence-corrected chi connectivity index (χ2v) is 28.3. The zero-order valence-electron chi connectivity index (χ0n) is 28.1. The second-order valence-electron chi connectivity index (χ2n) is 16.5. The smallest absolute Gasteiger partial charge is 0.0134 e. The third kappa shape index (κ3) is 12.1. The Balaban J connectivity index is 0.000000696. The molecule has 0 unspecified atom stereocenters. The molecule has 0 N–H and O–H groups in total. The molecule has 3 heteroatoms. The van der Waals surface area contributed by atoms with Crippen molar-refractivity contribution in [3.63, 3.8) is 0 Å². The van der Waals surface area contributed by atoms with E-state index in [1.807, 2.05) is 0 Å². The van der Waals surface area contributed by atoms with Gasteiger partial charge in [0.05, 0.1) is 0 Å². The Morgan fingerprint density at radius 1 is 0.444 bits per heavy atom. The highest BCUT2D eigenvalue weighted by atomic mass is 31.1. The number of benzene rings is 1. The fraction of sp³-hybridized carbons (Fsp3) is 0.818. The molecule has 0 aliphatic heterocycles. The molecule has 0 aliphatic rings.